The van der Waals surface area contributed by atoms with Crippen LogP contribution in [0.1, 0.15) is 47.8 Å². The molecule has 0 aromatic carbocycles. The summed E-state index contributed by atoms with van der Waals surface area (Å²) in [6.07, 6.45) is 4.04. The highest BCUT2D eigenvalue weighted by atomic mass is 16.3. The van der Waals surface area contributed by atoms with Crippen molar-refractivity contribution in [3.8, 4) is 0 Å². The molecule has 134 valence electrons. The van der Waals surface area contributed by atoms with Gasteiger partial charge in [0.2, 0.25) is 0 Å². The van der Waals surface area contributed by atoms with Crippen molar-refractivity contribution >= 4 is 5.91 Å². The average Bonchev–Trinajstić information content (AvgIpc) is 2.58. The molecule has 1 atom stereocenters. The zero-order valence-corrected chi connectivity index (χ0v) is 15.0. The van der Waals surface area contributed by atoms with Crippen LogP contribution in [0.4, 0.5) is 0 Å². The SMILES string of the molecule is CCc1c(C)cc(C(=O)NCCN2CCCC[C@@H]2CO)c(=O)n1C. The minimum Gasteiger partial charge on any atom is -0.395 e. The molecule has 1 aromatic rings. The van der Waals surface area contributed by atoms with Gasteiger partial charge in [-0.3, -0.25) is 14.5 Å². The van der Waals surface area contributed by atoms with Crippen molar-refractivity contribution in [1.82, 2.24) is 14.8 Å². The highest BCUT2D eigenvalue weighted by Crippen LogP contribution is 2.15. The van der Waals surface area contributed by atoms with Crippen LogP contribution in [-0.4, -0.2) is 52.8 Å². The third-order valence-electron chi connectivity index (χ3n) is 4.98. The molecule has 0 radical (unpaired) electrons. The van der Waals surface area contributed by atoms with Crippen LogP contribution in [0.15, 0.2) is 10.9 Å². The van der Waals surface area contributed by atoms with Gasteiger partial charge in [0.05, 0.1) is 6.61 Å². The summed E-state index contributed by atoms with van der Waals surface area (Å²) < 4.78 is 1.57. The van der Waals surface area contributed by atoms with Crippen molar-refractivity contribution in [2.75, 3.05) is 26.2 Å². The summed E-state index contributed by atoms with van der Waals surface area (Å²) in [4.78, 5) is 26.9. The van der Waals surface area contributed by atoms with Gasteiger partial charge < -0.3 is 15.0 Å². The molecular weight excluding hydrogens is 306 g/mol. The Hall–Kier alpha value is -1.66. The van der Waals surface area contributed by atoms with Crippen LogP contribution in [0, 0.1) is 6.92 Å². The van der Waals surface area contributed by atoms with E-state index in [0.29, 0.717) is 13.1 Å². The summed E-state index contributed by atoms with van der Waals surface area (Å²) in [5.74, 6) is -0.320. The van der Waals surface area contributed by atoms with Crippen LogP contribution in [-0.2, 0) is 13.5 Å². The molecule has 1 saturated heterocycles. The minimum atomic E-state index is -0.320. The molecule has 24 heavy (non-hydrogen) atoms. The fourth-order valence-electron chi connectivity index (χ4n) is 3.58. The zero-order valence-electron chi connectivity index (χ0n) is 15.0. The lowest BCUT2D eigenvalue weighted by Crippen LogP contribution is -2.46. The maximum absolute atomic E-state index is 12.4. The molecule has 1 fully saturated rings. The van der Waals surface area contributed by atoms with E-state index >= 15 is 0 Å². The molecule has 1 aliphatic rings. The number of pyridine rings is 1. The molecule has 0 spiro atoms. The normalized spacial score (nSPS) is 18.6. The van der Waals surface area contributed by atoms with E-state index in [1.165, 1.54) is 0 Å². The maximum Gasteiger partial charge on any atom is 0.263 e. The Kier molecular flexibility index (Phi) is 6.57. The minimum absolute atomic E-state index is 0.159. The first-order valence-corrected chi connectivity index (χ1v) is 8.82. The third kappa shape index (κ3) is 4.05. The summed E-state index contributed by atoms with van der Waals surface area (Å²) in [6.45, 7) is 6.21. The van der Waals surface area contributed by atoms with Gasteiger partial charge in [-0.15, -0.1) is 0 Å². The predicted octanol–water partition coefficient (Wildman–Crippen LogP) is 0.833. The van der Waals surface area contributed by atoms with E-state index in [0.717, 1.165) is 43.5 Å². The number of aliphatic hydroxyl groups excluding tert-OH is 1. The molecule has 1 aliphatic heterocycles. The monoisotopic (exact) mass is 335 g/mol. The van der Waals surface area contributed by atoms with Gasteiger partial charge in [-0.1, -0.05) is 13.3 Å². The standard InChI is InChI=1S/C18H29N3O3/c1-4-16-13(2)11-15(18(24)20(16)3)17(23)19-8-10-21-9-6-5-7-14(21)12-22/h11,14,22H,4-10,12H2,1-3H3,(H,19,23)/t14-/m1/s1. The van der Waals surface area contributed by atoms with Gasteiger partial charge in [0.1, 0.15) is 5.56 Å². The Balaban J connectivity index is 1.99. The van der Waals surface area contributed by atoms with Crippen molar-refractivity contribution in [3.05, 3.63) is 33.2 Å². The molecule has 1 aromatic heterocycles. The Bertz CT molecular complexity index is 639. The van der Waals surface area contributed by atoms with Gasteiger partial charge in [-0.25, -0.2) is 0 Å². The van der Waals surface area contributed by atoms with Crippen molar-refractivity contribution < 1.29 is 9.90 Å². The van der Waals surface area contributed by atoms with E-state index in [2.05, 4.69) is 10.2 Å². The molecule has 0 bridgehead atoms. The Morgan fingerprint density at radius 1 is 1.42 bits per heavy atom. The Morgan fingerprint density at radius 3 is 2.83 bits per heavy atom. The lowest BCUT2D eigenvalue weighted by molar-refractivity contribution is 0.0848. The molecule has 2 rings (SSSR count). The van der Waals surface area contributed by atoms with Crippen molar-refractivity contribution in [1.29, 1.82) is 0 Å². The van der Waals surface area contributed by atoms with E-state index in [1.807, 2.05) is 13.8 Å². The number of aryl methyl sites for hydroxylation is 1. The van der Waals surface area contributed by atoms with Gasteiger partial charge in [-0.05, 0) is 44.4 Å². The lowest BCUT2D eigenvalue weighted by Gasteiger charge is -2.34. The quantitative estimate of drug-likeness (QED) is 0.808. The first-order valence-electron chi connectivity index (χ1n) is 8.82. The number of hydrogen-bond donors (Lipinski definition) is 2. The van der Waals surface area contributed by atoms with Crippen LogP contribution >= 0.6 is 0 Å². The van der Waals surface area contributed by atoms with Crippen LogP contribution in [0.3, 0.4) is 0 Å². The fraction of sp³-hybridized carbons (Fsp3) is 0.667. The molecule has 0 unspecified atom stereocenters. The third-order valence-corrected chi connectivity index (χ3v) is 4.98. The number of aliphatic hydroxyl groups is 1. The van der Waals surface area contributed by atoms with Gasteiger partial charge in [0.15, 0.2) is 0 Å². The van der Waals surface area contributed by atoms with E-state index < -0.39 is 0 Å². The molecule has 0 saturated carbocycles. The van der Waals surface area contributed by atoms with Crippen LogP contribution in [0.25, 0.3) is 0 Å². The second kappa shape index (κ2) is 8.44. The van der Waals surface area contributed by atoms with Crippen molar-refractivity contribution in [2.45, 2.75) is 45.6 Å². The van der Waals surface area contributed by atoms with E-state index in [9.17, 15) is 14.7 Å². The zero-order chi connectivity index (χ0) is 17.7. The number of rotatable bonds is 6. The summed E-state index contributed by atoms with van der Waals surface area (Å²) in [5, 5.41) is 12.3. The van der Waals surface area contributed by atoms with Crippen LogP contribution < -0.4 is 10.9 Å². The average molecular weight is 335 g/mol. The van der Waals surface area contributed by atoms with E-state index in [1.54, 1.807) is 17.7 Å². The van der Waals surface area contributed by atoms with Crippen molar-refractivity contribution in [3.63, 3.8) is 0 Å². The van der Waals surface area contributed by atoms with E-state index in [4.69, 9.17) is 0 Å². The Morgan fingerprint density at radius 2 is 2.17 bits per heavy atom. The number of amides is 1. The van der Waals surface area contributed by atoms with E-state index in [-0.39, 0.29) is 29.7 Å². The number of hydrogen-bond acceptors (Lipinski definition) is 4. The molecule has 6 heteroatoms. The van der Waals surface area contributed by atoms with Gasteiger partial charge >= 0.3 is 0 Å². The highest BCUT2D eigenvalue weighted by Gasteiger charge is 2.21. The largest absolute Gasteiger partial charge is 0.395 e. The molecular formula is C18H29N3O3. The van der Waals surface area contributed by atoms with Crippen molar-refractivity contribution in [2.24, 2.45) is 7.05 Å². The number of likely N-dealkylation sites (tertiary alicyclic amines) is 1. The van der Waals surface area contributed by atoms with Crippen LogP contribution in [0.5, 0.6) is 0 Å². The van der Waals surface area contributed by atoms with Gasteiger partial charge in [0.25, 0.3) is 11.5 Å². The second-order valence-corrected chi connectivity index (χ2v) is 6.53. The summed E-state index contributed by atoms with van der Waals surface area (Å²) >= 11 is 0. The fourth-order valence-corrected chi connectivity index (χ4v) is 3.58. The maximum atomic E-state index is 12.4. The first-order chi connectivity index (χ1) is 11.5. The second-order valence-electron chi connectivity index (χ2n) is 6.53. The van der Waals surface area contributed by atoms with Crippen LogP contribution in [0.2, 0.25) is 0 Å². The molecule has 1 amide bonds. The molecule has 6 nitrogen and oxygen atoms in total. The predicted molar refractivity (Wildman–Crippen MR) is 94.4 cm³/mol. The smallest absolute Gasteiger partial charge is 0.263 e. The molecule has 2 heterocycles. The summed E-state index contributed by atoms with van der Waals surface area (Å²) in [7, 11) is 1.71. The lowest BCUT2D eigenvalue weighted by atomic mass is 10.0. The Labute approximate surface area is 143 Å². The number of carbonyl (C=O) groups excluding carboxylic acids is 1. The summed E-state index contributed by atoms with van der Waals surface area (Å²) in [5.41, 5.74) is 1.86. The number of nitrogens with one attached hydrogen (secondary N) is 1. The number of piperidine rings is 1. The molecule has 2 N–H and O–H groups in total. The number of carbonyl (C=O) groups is 1. The topological polar surface area (TPSA) is 74.6 Å². The molecule has 0 aliphatic carbocycles. The highest BCUT2D eigenvalue weighted by molar-refractivity contribution is 5.94. The first kappa shape index (κ1) is 18.7. The number of nitrogens with zero attached hydrogens (tertiary/aromatic N) is 2. The van der Waals surface area contributed by atoms with Gasteiger partial charge in [-0.2, -0.15) is 0 Å². The number of aromatic nitrogens is 1. The summed E-state index contributed by atoms with van der Waals surface area (Å²) in [6, 6.07) is 1.88. The van der Waals surface area contributed by atoms with Gasteiger partial charge in [0, 0.05) is 31.9 Å².